The second-order valence-corrected chi connectivity index (χ2v) is 4.79. The quantitative estimate of drug-likeness (QED) is 0.371. The Morgan fingerprint density at radius 3 is 2.30 bits per heavy atom. The molecule has 0 saturated heterocycles. The number of ether oxygens (including phenoxy) is 2. The number of rotatable bonds is 8. The number of aliphatic imine (C=N–C) groups is 1. The summed E-state index contributed by atoms with van der Waals surface area (Å²) in [5.41, 5.74) is 1.13. The fourth-order valence-electron chi connectivity index (χ4n) is 2.10. The van der Waals surface area contributed by atoms with Crippen molar-refractivity contribution in [3.63, 3.8) is 0 Å². The zero-order valence-electron chi connectivity index (χ0n) is 14.8. The van der Waals surface area contributed by atoms with Gasteiger partial charge in [-0.2, -0.15) is 0 Å². The van der Waals surface area contributed by atoms with E-state index in [0.29, 0.717) is 13.2 Å². The highest BCUT2D eigenvalue weighted by Crippen LogP contribution is 2.30. The summed E-state index contributed by atoms with van der Waals surface area (Å²) in [7, 11) is 0. The van der Waals surface area contributed by atoms with Gasteiger partial charge in [-0.1, -0.05) is 6.07 Å². The van der Waals surface area contributed by atoms with Gasteiger partial charge in [0, 0.05) is 13.1 Å². The molecule has 0 radical (unpaired) electrons. The van der Waals surface area contributed by atoms with Crippen molar-refractivity contribution in [2.45, 2.75) is 40.7 Å². The van der Waals surface area contributed by atoms with Crippen molar-refractivity contribution in [2.75, 3.05) is 26.3 Å². The van der Waals surface area contributed by atoms with E-state index < -0.39 is 0 Å². The molecule has 1 atom stereocenters. The molecule has 0 spiro atoms. The number of nitrogens with zero attached hydrogens (tertiary/aromatic N) is 1. The number of nitrogens with one attached hydrogen (secondary N) is 2. The lowest BCUT2D eigenvalue weighted by Crippen LogP contribution is -2.38. The van der Waals surface area contributed by atoms with Crippen LogP contribution in [0.1, 0.15) is 46.2 Å². The molecule has 1 unspecified atom stereocenters. The minimum atomic E-state index is 0. The van der Waals surface area contributed by atoms with Gasteiger partial charge >= 0.3 is 0 Å². The van der Waals surface area contributed by atoms with Crippen molar-refractivity contribution in [1.29, 1.82) is 0 Å². The largest absolute Gasteiger partial charge is 0.490 e. The highest BCUT2D eigenvalue weighted by Gasteiger charge is 2.12. The summed E-state index contributed by atoms with van der Waals surface area (Å²) in [6, 6.07) is 6.17. The Morgan fingerprint density at radius 2 is 1.74 bits per heavy atom. The summed E-state index contributed by atoms with van der Waals surface area (Å²) >= 11 is 0. The summed E-state index contributed by atoms with van der Waals surface area (Å²) in [6.07, 6.45) is 0. The first-order chi connectivity index (χ1) is 10.7. The summed E-state index contributed by atoms with van der Waals surface area (Å²) in [5.74, 6) is 2.40. The lowest BCUT2D eigenvalue weighted by Gasteiger charge is -2.19. The van der Waals surface area contributed by atoms with Gasteiger partial charge in [0.1, 0.15) is 0 Å². The van der Waals surface area contributed by atoms with E-state index in [-0.39, 0.29) is 30.0 Å². The van der Waals surface area contributed by atoms with Gasteiger partial charge in [0.2, 0.25) is 0 Å². The minimum absolute atomic E-state index is 0. The van der Waals surface area contributed by atoms with Crippen LogP contribution in [0.15, 0.2) is 23.2 Å². The molecule has 0 bridgehead atoms. The maximum absolute atomic E-state index is 5.68. The Labute approximate surface area is 157 Å². The zero-order valence-corrected chi connectivity index (χ0v) is 17.1. The molecule has 0 heterocycles. The van der Waals surface area contributed by atoms with Crippen LogP contribution in [0.5, 0.6) is 11.5 Å². The van der Waals surface area contributed by atoms with Gasteiger partial charge < -0.3 is 20.1 Å². The first-order valence-corrected chi connectivity index (χ1v) is 8.10. The normalized spacial score (nSPS) is 12.1. The average Bonchev–Trinajstić information content (AvgIpc) is 2.50. The number of halogens is 1. The highest BCUT2D eigenvalue weighted by atomic mass is 127. The van der Waals surface area contributed by atoms with E-state index in [4.69, 9.17) is 9.47 Å². The zero-order chi connectivity index (χ0) is 16.4. The second kappa shape index (κ2) is 12.3. The third-order valence-electron chi connectivity index (χ3n) is 3.08. The second-order valence-electron chi connectivity index (χ2n) is 4.79. The van der Waals surface area contributed by atoms with E-state index in [9.17, 15) is 0 Å². The summed E-state index contributed by atoms with van der Waals surface area (Å²) in [5, 5.41) is 6.64. The molecular weight excluding hydrogens is 405 g/mol. The van der Waals surface area contributed by atoms with Gasteiger partial charge in [-0.25, -0.2) is 0 Å². The molecule has 132 valence electrons. The number of benzene rings is 1. The molecule has 23 heavy (non-hydrogen) atoms. The van der Waals surface area contributed by atoms with E-state index in [1.54, 1.807) is 0 Å². The maximum atomic E-state index is 5.68. The predicted octanol–water partition coefficient (Wildman–Crippen LogP) is 3.74. The minimum Gasteiger partial charge on any atom is -0.490 e. The summed E-state index contributed by atoms with van der Waals surface area (Å²) < 4.78 is 11.3. The molecule has 0 aliphatic rings. The molecular formula is C17H30IN3O2. The molecule has 0 aliphatic heterocycles. The van der Waals surface area contributed by atoms with Crippen molar-refractivity contribution in [3.05, 3.63) is 23.8 Å². The van der Waals surface area contributed by atoms with E-state index in [1.807, 2.05) is 32.9 Å². The summed E-state index contributed by atoms with van der Waals surface area (Å²) in [6.45, 7) is 13.0. The van der Waals surface area contributed by atoms with Gasteiger partial charge in [0.05, 0.1) is 19.3 Å². The van der Waals surface area contributed by atoms with E-state index in [0.717, 1.165) is 36.1 Å². The molecule has 1 aromatic carbocycles. The van der Waals surface area contributed by atoms with Crippen molar-refractivity contribution < 1.29 is 9.47 Å². The molecule has 1 rings (SSSR count). The standard InChI is InChI=1S/C17H29N3O2.HI/c1-6-18-17(19-7-2)20-13(5)14-10-11-15(21-8-3)16(12-14)22-9-4;/h10-13H,6-9H2,1-5H3,(H2,18,19,20);1H. The van der Waals surface area contributed by atoms with E-state index in [1.165, 1.54) is 0 Å². The Morgan fingerprint density at radius 1 is 1.09 bits per heavy atom. The van der Waals surface area contributed by atoms with Crippen LogP contribution < -0.4 is 20.1 Å². The van der Waals surface area contributed by atoms with Crippen LogP contribution >= 0.6 is 24.0 Å². The Balaban J connectivity index is 0.00000484. The third-order valence-corrected chi connectivity index (χ3v) is 3.08. The lowest BCUT2D eigenvalue weighted by atomic mass is 10.1. The Hall–Kier alpha value is -1.18. The first kappa shape index (κ1) is 21.8. The molecule has 0 fully saturated rings. The van der Waals surface area contributed by atoms with Crippen molar-refractivity contribution >= 4 is 29.9 Å². The van der Waals surface area contributed by atoms with Crippen molar-refractivity contribution in [3.8, 4) is 11.5 Å². The Kier molecular flexibility index (Phi) is 11.6. The molecule has 1 aromatic rings. The molecule has 0 aliphatic carbocycles. The smallest absolute Gasteiger partial charge is 0.191 e. The molecule has 0 amide bonds. The van der Waals surface area contributed by atoms with Gasteiger partial charge in [0.15, 0.2) is 17.5 Å². The van der Waals surface area contributed by atoms with Crippen LogP contribution in [-0.2, 0) is 0 Å². The van der Waals surface area contributed by atoms with Gasteiger partial charge in [-0.15, -0.1) is 24.0 Å². The molecule has 0 saturated carbocycles. The van der Waals surface area contributed by atoms with Crippen molar-refractivity contribution in [2.24, 2.45) is 4.99 Å². The fraction of sp³-hybridized carbons (Fsp3) is 0.588. The molecule has 2 N–H and O–H groups in total. The average molecular weight is 435 g/mol. The van der Waals surface area contributed by atoms with Crippen LogP contribution in [0.2, 0.25) is 0 Å². The van der Waals surface area contributed by atoms with Crippen LogP contribution in [0.25, 0.3) is 0 Å². The van der Waals surface area contributed by atoms with E-state index >= 15 is 0 Å². The predicted molar refractivity (Wildman–Crippen MR) is 107 cm³/mol. The molecule has 5 nitrogen and oxygen atoms in total. The van der Waals surface area contributed by atoms with Gasteiger partial charge in [-0.3, -0.25) is 4.99 Å². The van der Waals surface area contributed by atoms with Crippen molar-refractivity contribution in [1.82, 2.24) is 10.6 Å². The monoisotopic (exact) mass is 435 g/mol. The fourth-order valence-corrected chi connectivity index (χ4v) is 2.10. The number of hydrogen-bond donors (Lipinski definition) is 2. The number of guanidine groups is 1. The van der Waals surface area contributed by atoms with Crippen LogP contribution in [0.4, 0.5) is 0 Å². The maximum Gasteiger partial charge on any atom is 0.191 e. The van der Waals surface area contributed by atoms with Gasteiger partial charge in [0.25, 0.3) is 0 Å². The van der Waals surface area contributed by atoms with E-state index in [2.05, 4.69) is 35.5 Å². The topological polar surface area (TPSA) is 54.9 Å². The number of hydrogen-bond acceptors (Lipinski definition) is 3. The van der Waals surface area contributed by atoms with Gasteiger partial charge in [-0.05, 0) is 52.3 Å². The molecule has 6 heteroatoms. The third kappa shape index (κ3) is 7.28. The Bertz CT molecular complexity index is 481. The first-order valence-electron chi connectivity index (χ1n) is 8.10. The SMILES string of the molecule is CCN=C(NCC)NC(C)c1ccc(OCC)c(OCC)c1.I. The van der Waals surface area contributed by atoms with Crippen LogP contribution in [-0.4, -0.2) is 32.3 Å². The summed E-state index contributed by atoms with van der Waals surface area (Å²) in [4.78, 5) is 4.42. The lowest BCUT2D eigenvalue weighted by molar-refractivity contribution is 0.287. The highest BCUT2D eigenvalue weighted by molar-refractivity contribution is 14.0. The van der Waals surface area contributed by atoms with Crippen LogP contribution in [0, 0.1) is 0 Å². The van der Waals surface area contributed by atoms with Crippen LogP contribution in [0.3, 0.4) is 0 Å². The molecule has 0 aromatic heterocycles.